The van der Waals surface area contributed by atoms with Crippen LogP contribution in [-0.2, 0) is 6.54 Å². The molecule has 20 heavy (non-hydrogen) atoms. The number of ether oxygens (including phenoxy) is 1. The second-order valence-electron chi connectivity index (χ2n) is 4.19. The van der Waals surface area contributed by atoms with Gasteiger partial charge in [0.1, 0.15) is 10.8 Å². The zero-order valence-corrected chi connectivity index (χ0v) is 11.6. The fourth-order valence-corrected chi connectivity index (χ4v) is 2.38. The Morgan fingerprint density at radius 1 is 1.00 bits per heavy atom. The Balaban J connectivity index is 1.74. The molecule has 2 aromatic carbocycles. The lowest BCUT2D eigenvalue weighted by atomic mass is 10.3. The first-order valence-corrected chi connectivity index (χ1v) is 7.24. The molecule has 0 atom stereocenters. The van der Waals surface area contributed by atoms with Crippen LogP contribution in [0.3, 0.4) is 0 Å². The van der Waals surface area contributed by atoms with Gasteiger partial charge in [0.15, 0.2) is 5.75 Å². The molecule has 0 saturated carbocycles. The molecule has 1 N–H and O–H groups in total. The van der Waals surface area contributed by atoms with Crippen molar-refractivity contribution in [2.45, 2.75) is 6.54 Å². The molecule has 0 aliphatic carbocycles. The lowest BCUT2D eigenvalue weighted by Gasteiger charge is -2.12. The van der Waals surface area contributed by atoms with Gasteiger partial charge in [0.2, 0.25) is 0 Å². The summed E-state index contributed by atoms with van der Waals surface area (Å²) < 4.78 is 5.90. The lowest BCUT2D eigenvalue weighted by molar-refractivity contribution is 0.484. The fourth-order valence-electron chi connectivity index (χ4n) is 1.83. The van der Waals surface area contributed by atoms with Crippen LogP contribution in [-0.4, -0.2) is 4.98 Å². The smallest absolute Gasteiger partial charge is 0.150 e. The van der Waals surface area contributed by atoms with Gasteiger partial charge in [0.25, 0.3) is 0 Å². The molecule has 0 fully saturated rings. The molecule has 0 amide bonds. The fraction of sp³-hybridized carbons (Fsp3) is 0.0625. The maximum atomic E-state index is 5.90. The Bertz CT molecular complexity index is 653. The largest absolute Gasteiger partial charge is 0.455 e. The standard InChI is InChI=1S/C16H14N2OS/c1-2-6-13(7-3-1)19-15-9-5-4-8-14(15)18-12-16-17-10-11-20-16/h1-11,18H,12H2. The molecule has 0 aliphatic heterocycles. The first-order valence-electron chi connectivity index (χ1n) is 6.36. The minimum absolute atomic E-state index is 0.701. The highest BCUT2D eigenvalue weighted by molar-refractivity contribution is 7.09. The van der Waals surface area contributed by atoms with Crippen molar-refractivity contribution in [2.24, 2.45) is 0 Å². The molecule has 0 aliphatic rings. The molecule has 4 heteroatoms. The van der Waals surface area contributed by atoms with Gasteiger partial charge in [-0.1, -0.05) is 30.3 Å². The van der Waals surface area contributed by atoms with E-state index in [9.17, 15) is 0 Å². The predicted octanol–water partition coefficient (Wildman–Crippen LogP) is 4.55. The van der Waals surface area contributed by atoms with E-state index in [1.54, 1.807) is 11.3 Å². The van der Waals surface area contributed by atoms with Crippen LogP contribution in [0.1, 0.15) is 5.01 Å². The first kappa shape index (κ1) is 12.7. The number of benzene rings is 2. The molecule has 0 radical (unpaired) electrons. The van der Waals surface area contributed by atoms with Crippen molar-refractivity contribution in [2.75, 3.05) is 5.32 Å². The molecule has 3 aromatic rings. The number of hydrogen-bond donors (Lipinski definition) is 1. The van der Waals surface area contributed by atoms with E-state index in [2.05, 4.69) is 10.3 Å². The minimum Gasteiger partial charge on any atom is -0.455 e. The van der Waals surface area contributed by atoms with Crippen molar-refractivity contribution in [3.8, 4) is 11.5 Å². The summed E-state index contributed by atoms with van der Waals surface area (Å²) in [6.45, 7) is 0.701. The van der Waals surface area contributed by atoms with Gasteiger partial charge < -0.3 is 10.1 Å². The number of para-hydroxylation sites is 3. The average molecular weight is 282 g/mol. The van der Waals surface area contributed by atoms with Crippen LogP contribution >= 0.6 is 11.3 Å². The van der Waals surface area contributed by atoms with Crippen LogP contribution in [0.5, 0.6) is 11.5 Å². The Kier molecular flexibility index (Phi) is 3.94. The summed E-state index contributed by atoms with van der Waals surface area (Å²) in [6.07, 6.45) is 1.81. The summed E-state index contributed by atoms with van der Waals surface area (Å²) in [5, 5.41) is 6.39. The minimum atomic E-state index is 0.701. The van der Waals surface area contributed by atoms with Crippen molar-refractivity contribution >= 4 is 17.0 Å². The molecular formula is C16H14N2OS. The Labute approximate surface area is 121 Å². The topological polar surface area (TPSA) is 34.1 Å². The Morgan fingerprint density at radius 3 is 2.60 bits per heavy atom. The summed E-state index contributed by atoms with van der Waals surface area (Å²) in [5.41, 5.74) is 0.964. The van der Waals surface area contributed by atoms with Crippen molar-refractivity contribution in [3.63, 3.8) is 0 Å². The van der Waals surface area contributed by atoms with Gasteiger partial charge in [-0.25, -0.2) is 4.98 Å². The number of hydrogen-bond acceptors (Lipinski definition) is 4. The van der Waals surface area contributed by atoms with E-state index in [0.717, 1.165) is 22.2 Å². The summed E-state index contributed by atoms with van der Waals surface area (Å²) in [7, 11) is 0. The number of nitrogens with zero attached hydrogens (tertiary/aromatic N) is 1. The van der Waals surface area contributed by atoms with Crippen LogP contribution in [0.2, 0.25) is 0 Å². The molecule has 0 saturated heterocycles. The van der Waals surface area contributed by atoms with Crippen LogP contribution < -0.4 is 10.1 Å². The monoisotopic (exact) mass is 282 g/mol. The third kappa shape index (κ3) is 3.16. The van der Waals surface area contributed by atoms with Gasteiger partial charge >= 0.3 is 0 Å². The van der Waals surface area contributed by atoms with E-state index in [-0.39, 0.29) is 0 Å². The van der Waals surface area contributed by atoms with Crippen molar-refractivity contribution in [3.05, 3.63) is 71.2 Å². The number of anilines is 1. The Hall–Kier alpha value is -2.33. The summed E-state index contributed by atoms with van der Waals surface area (Å²) in [5.74, 6) is 1.64. The molecule has 3 nitrogen and oxygen atoms in total. The van der Waals surface area contributed by atoms with Gasteiger partial charge in [0, 0.05) is 11.6 Å². The zero-order valence-electron chi connectivity index (χ0n) is 10.8. The quantitative estimate of drug-likeness (QED) is 0.745. The highest BCUT2D eigenvalue weighted by atomic mass is 32.1. The highest BCUT2D eigenvalue weighted by Gasteiger charge is 2.04. The second-order valence-corrected chi connectivity index (χ2v) is 5.17. The van der Waals surface area contributed by atoms with Crippen LogP contribution in [0, 0.1) is 0 Å². The van der Waals surface area contributed by atoms with Crippen LogP contribution in [0.25, 0.3) is 0 Å². The van der Waals surface area contributed by atoms with E-state index in [1.165, 1.54) is 0 Å². The Morgan fingerprint density at radius 2 is 1.80 bits per heavy atom. The molecule has 100 valence electrons. The zero-order chi connectivity index (χ0) is 13.6. The van der Waals surface area contributed by atoms with Gasteiger partial charge in [-0.2, -0.15) is 0 Å². The lowest BCUT2D eigenvalue weighted by Crippen LogP contribution is -2.00. The second kappa shape index (κ2) is 6.21. The third-order valence-corrected chi connectivity index (χ3v) is 3.55. The van der Waals surface area contributed by atoms with Crippen molar-refractivity contribution in [1.82, 2.24) is 4.98 Å². The highest BCUT2D eigenvalue weighted by Crippen LogP contribution is 2.29. The van der Waals surface area contributed by atoms with Crippen LogP contribution in [0.15, 0.2) is 66.2 Å². The number of nitrogens with one attached hydrogen (secondary N) is 1. The van der Waals surface area contributed by atoms with E-state index in [1.807, 2.05) is 66.2 Å². The molecule has 1 aromatic heterocycles. The SMILES string of the molecule is c1ccc(Oc2ccccc2NCc2nccs2)cc1. The van der Waals surface area contributed by atoms with E-state index < -0.39 is 0 Å². The van der Waals surface area contributed by atoms with E-state index in [4.69, 9.17) is 4.74 Å². The number of aromatic nitrogens is 1. The third-order valence-electron chi connectivity index (χ3n) is 2.77. The number of thiazole rings is 1. The van der Waals surface area contributed by atoms with Crippen molar-refractivity contribution < 1.29 is 4.74 Å². The molecule has 0 spiro atoms. The average Bonchev–Trinajstić information content (AvgIpc) is 3.01. The molecule has 1 heterocycles. The van der Waals surface area contributed by atoms with Gasteiger partial charge in [-0.05, 0) is 24.3 Å². The van der Waals surface area contributed by atoms with Gasteiger partial charge in [-0.15, -0.1) is 11.3 Å². The normalized spacial score (nSPS) is 10.2. The maximum absolute atomic E-state index is 5.90. The van der Waals surface area contributed by atoms with E-state index >= 15 is 0 Å². The summed E-state index contributed by atoms with van der Waals surface area (Å²) in [4.78, 5) is 4.26. The molecule has 0 bridgehead atoms. The van der Waals surface area contributed by atoms with Crippen LogP contribution in [0.4, 0.5) is 5.69 Å². The molecule has 3 rings (SSSR count). The van der Waals surface area contributed by atoms with Gasteiger partial charge in [-0.3, -0.25) is 0 Å². The summed E-state index contributed by atoms with van der Waals surface area (Å²) >= 11 is 1.64. The summed E-state index contributed by atoms with van der Waals surface area (Å²) in [6, 6.07) is 17.7. The van der Waals surface area contributed by atoms with Gasteiger partial charge in [0.05, 0.1) is 12.2 Å². The molecular weight excluding hydrogens is 268 g/mol. The predicted molar refractivity (Wildman–Crippen MR) is 82.4 cm³/mol. The molecule has 0 unspecified atom stereocenters. The van der Waals surface area contributed by atoms with Crippen molar-refractivity contribution in [1.29, 1.82) is 0 Å². The van der Waals surface area contributed by atoms with E-state index in [0.29, 0.717) is 6.54 Å². The first-order chi connectivity index (χ1) is 9.92. The number of rotatable bonds is 5. The maximum Gasteiger partial charge on any atom is 0.150 e.